The highest BCUT2D eigenvalue weighted by Crippen LogP contribution is 2.50. The average Bonchev–Trinajstić information content (AvgIpc) is 2.95. The van der Waals surface area contributed by atoms with Crippen LogP contribution in [0.25, 0.3) is 0 Å². The summed E-state index contributed by atoms with van der Waals surface area (Å²) in [6, 6.07) is 0. The zero-order chi connectivity index (χ0) is 23.0. The first-order valence-corrected chi connectivity index (χ1v) is 7.45. The number of esters is 2. The summed E-state index contributed by atoms with van der Waals surface area (Å²) in [6.45, 7) is 0.658. The maximum absolute atomic E-state index is 13.8. The fraction of sp³-hybridized carbons (Fsp3) is 0.571. The van der Waals surface area contributed by atoms with Crippen LogP contribution < -0.4 is 0 Å². The third-order valence-electron chi connectivity index (χ3n) is 3.30. The third kappa shape index (κ3) is 4.27. The number of carbonyl (C=O) groups excluding carboxylic acids is 2. The van der Waals surface area contributed by atoms with E-state index in [9.17, 15) is 53.5 Å². The second-order valence-electron chi connectivity index (χ2n) is 5.21. The molecule has 0 unspecified atom stereocenters. The molecule has 5 nitrogen and oxygen atoms in total. The quantitative estimate of drug-likeness (QED) is 0.508. The molecule has 0 spiro atoms. The Bertz CT molecular complexity index is 716. The smallest absolute Gasteiger partial charge is 0.459 e. The van der Waals surface area contributed by atoms with E-state index >= 15 is 0 Å². The Labute approximate surface area is 154 Å². The number of ether oxygens (including phenoxy) is 2. The largest absolute Gasteiger partial charge is 0.462 e. The molecule has 15 heteroatoms. The lowest BCUT2D eigenvalue weighted by atomic mass is 10.0. The van der Waals surface area contributed by atoms with E-state index in [4.69, 9.17) is 0 Å². The number of rotatable bonds is 6. The van der Waals surface area contributed by atoms with Crippen LogP contribution in [0.2, 0.25) is 0 Å². The summed E-state index contributed by atoms with van der Waals surface area (Å²) in [7, 11) is 0. The topological polar surface area (TPSA) is 68.4 Å². The fourth-order valence-electron chi connectivity index (χ4n) is 2.07. The minimum Gasteiger partial charge on any atom is -0.462 e. The molecule has 0 aromatic carbocycles. The summed E-state index contributed by atoms with van der Waals surface area (Å²) in [5, 5.41) is 0. The van der Waals surface area contributed by atoms with Gasteiger partial charge in [0.1, 0.15) is 22.5 Å². The lowest BCUT2D eigenvalue weighted by molar-refractivity contribution is -0.294. The normalized spacial score (nSPS) is 13.4. The van der Waals surface area contributed by atoms with E-state index in [1.165, 1.54) is 0 Å². The first-order chi connectivity index (χ1) is 12.9. The van der Waals surface area contributed by atoms with Crippen molar-refractivity contribution in [3.05, 3.63) is 22.5 Å². The van der Waals surface area contributed by atoms with E-state index in [1.807, 2.05) is 0 Å². The van der Waals surface area contributed by atoms with E-state index < -0.39 is 71.9 Å². The molecule has 1 heterocycles. The number of carbonyl (C=O) groups is 2. The van der Waals surface area contributed by atoms with Crippen molar-refractivity contribution in [2.45, 2.75) is 38.0 Å². The second kappa shape index (κ2) is 7.74. The molecule has 0 amide bonds. The molecule has 0 fully saturated rings. The molecule has 0 radical (unpaired) electrons. The van der Waals surface area contributed by atoms with E-state index in [0.29, 0.717) is 4.98 Å². The Balaban J connectivity index is 4.09. The number of H-pyrrole nitrogens is 1. The van der Waals surface area contributed by atoms with E-state index in [2.05, 4.69) is 9.47 Å². The molecule has 0 aliphatic rings. The standard InChI is InChI=1S/C14H11F10NO4/c1-3-28-9(26)5-6(10(27)29-4-2)8(12(17,18)14(22,23)24)25-7(5)11(15,16)13(19,20)21/h25H,3-4H2,1-2H3. The first kappa shape index (κ1) is 24.6. The van der Waals surface area contributed by atoms with Crippen LogP contribution in [0.1, 0.15) is 46.0 Å². The van der Waals surface area contributed by atoms with Crippen molar-refractivity contribution >= 4 is 11.9 Å². The van der Waals surface area contributed by atoms with Crippen molar-refractivity contribution in [1.82, 2.24) is 4.98 Å². The van der Waals surface area contributed by atoms with Crippen LogP contribution in [0, 0.1) is 0 Å². The molecular weight excluding hydrogens is 436 g/mol. The Kier molecular flexibility index (Phi) is 6.56. The van der Waals surface area contributed by atoms with Crippen molar-refractivity contribution in [2.24, 2.45) is 0 Å². The van der Waals surface area contributed by atoms with Gasteiger partial charge in [-0.05, 0) is 13.8 Å². The minimum absolute atomic E-state index is 0.581. The number of aromatic nitrogens is 1. The van der Waals surface area contributed by atoms with Crippen molar-refractivity contribution in [2.75, 3.05) is 13.2 Å². The molecule has 29 heavy (non-hydrogen) atoms. The molecule has 0 saturated carbocycles. The van der Waals surface area contributed by atoms with Gasteiger partial charge in [-0.3, -0.25) is 0 Å². The molecule has 1 aromatic heterocycles. The number of alkyl halides is 10. The average molecular weight is 447 g/mol. The highest BCUT2D eigenvalue weighted by molar-refractivity contribution is 6.05. The number of halogens is 10. The lowest BCUT2D eigenvalue weighted by Crippen LogP contribution is -2.36. The first-order valence-electron chi connectivity index (χ1n) is 7.45. The third-order valence-corrected chi connectivity index (χ3v) is 3.30. The van der Waals surface area contributed by atoms with Crippen LogP contribution in [0.5, 0.6) is 0 Å². The van der Waals surface area contributed by atoms with Gasteiger partial charge in [-0.15, -0.1) is 0 Å². The Hall–Kier alpha value is -2.48. The number of nitrogens with one attached hydrogen (secondary N) is 1. The predicted octanol–water partition coefficient (Wildman–Crippen LogP) is 4.68. The molecule has 0 bridgehead atoms. The Morgan fingerprint density at radius 1 is 0.690 bits per heavy atom. The summed E-state index contributed by atoms with van der Waals surface area (Å²) in [6.07, 6.45) is -13.1. The fourth-order valence-corrected chi connectivity index (χ4v) is 2.07. The van der Waals surface area contributed by atoms with E-state index in [1.54, 1.807) is 0 Å². The van der Waals surface area contributed by atoms with Gasteiger partial charge in [-0.2, -0.15) is 43.9 Å². The zero-order valence-electron chi connectivity index (χ0n) is 14.3. The van der Waals surface area contributed by atoms with Gasteiger partial charge in [-0.1, -0.05) is 0 Å². The highest BCUT2D eigenvalue weighted by atomic mass is 19.4. The van der Waals surface area contributed by atoms with Gasteiger partial charge >= 0.3 is 36.1 Å². The van der Waals surface area contributed by atoms with Crippen LogP contribution in [0.4, 0.5) is 43.9 Å². The highest BCUT2D eigenvalue weighted by Gasteiger charge is 2.66. The van der Waals surface area contributed by atoms with Crippen molar-refractivity contribution in [1.29, 1.82) is 0 Å². The minimum atomic E-state index is -6.53. The summed E-state index contributed by atoms with van der Waals surface area (Å²) in [5.74, 6) is -16.6. The molecule has 1 rings (SSSR count). The van der Waals surface area contributed by atoms with Gasteiger partial charge < -0.3 is 14.5 Å². The monoisotopic (exact) mass is 447 g/mol. The van der Waals surface area contributed by atoms with Crippen LogP contribution in [0.3, 0.4) is 0 Å². The Morgan fingerprint density at radius 3 is 1.17 bits per heavy atom. The van der Waals surface area contributed by atoms with Gasteiger partial charge in [-0.25, -0.2) is 9.59 Å². The van der Waals surface area contributed by atoms with Gasteiger partial charge in [0.2, 0.25) is 0 Å². The van der Waals surface area contributed by atoms with E-state index in [0.717, 1.165) is 13.8 Å². The van der Waals surface area contributed by atoms with Gasteiger partial charge in [0, 0.05) is 0 Å². The maximum Gasteiger partial charge on any atom is 0.459 e. The molecule has 0 saturated heterocycles. The van der Waals surface area contributed by atoms with Gasteiger partial charge in [0.05, 0.1) is 13.2 Å². The molecule has 0 aliphatic carbocycles. The second-order valence-corrected chi connectivity index (χ2v) is 5.21. The van der Waals surface area contributed by atoms with Crippen LogP contribution in [-0.4, -0.2) is 42.5 Å². The SMILES string of the molecule is CCOC(=O)c1c(C(F)(F)C(F)(F)F)[nH]c(C(F)(F)C(F)(F)F)c1C(=O)OCC. The summed E-state index contributed by atoms with van der Waals surface area (Å²) >= 11 is 0. The number of hydrogen-bond acceptors (Lipinski definition) is 4. The molecule has 0 atom stereocenters. The molecular formula is C14H11F10NO4. The van der Waals surface area contributed by atoms with Crippen LogP contribution in [0.15, 0.2) is 0 Å². The van der Waals surface area contributed by atoms with Crippen molar-refractivity contribution in [3.63, 3.8) is 0 Å². The molecule has 0 aliphatic heterocycles. The summed E-state index contributed by atoms with van der Waals surface area (Å²) in [5.41, 5.74) is -9.73. The summed E-state index contributed by atoms with van der Waals surface area (Å²) < 4.78 is 140. The van der Waals surface area contributed by atoms with E-state index in [-0.39, 0.29) is 0 Å². The predicted molar refractivity (Wildman–Crippen MR) is 72.6 cm³/mol. The van der Waals surface area contributed by atoms with Crippen LogP contribution >= 0.6 is 0 Å². The van der Waals surface area contributed by atoms with Crippen molar-refractivity contribution < 1.29 is 63.0 Å². The van der Waals surface area contributed by atoms with Crippen LogP contribution in [-0.2, 0) is 21.3 Å². The summed E-state index contributed by atoms with van der Waals surface area (Å²) in [4.78, 5) is 24.3. The molecule has 1 aromatic rings. The number of aromatic amines is 1. The zero-order valence-corrected chi connectivity index (χ0v) is 14.3. The maximum atomic E-state index is 13.8. The lowest BCUT2D eigenvalue weighted by Gasteiger charge is -2.20. The molecule has 1 N–H and O–H groups in total. The van der Waals surface area contributed by atoms with Gasteiger partial charge in [0.15, 0.2) is 0 Å². The molecule has 166 valence electrons. The Morgan fingerprint density at radius 2 is 0.966 bits per heavy atom. The van der Waals surface area contributed by atoms with Crippen molar-refractivity contribution in [3.8, 4) is 0 Å². The van der Waals surface area contributed by atoms with Gasteiger partial charge in [0.25, 0.3) is 0 Å². The number of hydrogen-bond donors (Lipinski definition) is 1.